The van der Waals surface area contributed by atoms with Crippen molar-refractivity contribution in [3.8, 4) is 5.75 Å². The van der Waals surface area contributed by atoms with E-state index < -0.39 is 5.97 Å². The second-order valence-corrected chi connectivity index (χ2v) is 3.07. The number of phenols is 1. The van der Waals surface area contributed by atoms with Gasteiger partial charge in [0.25, 0.3) is 0 Å². The van der Waals surface area contributed by atoms with E-state index in [2.05, 4.69) is 4.74 Å². The second kappa shape index (κ2) is 5.70. The van der Waals surface area contributed by atoms with Gasteiger partial charge < -0.3 is 14.6 Å². The first-order valence-corrected chi connectivity index (χ1v) is 4.70. The van der Waals surface area contributed by atoms with E-state index in [9.17, 15) is 14.7 Å². The molecule has 0 radical (unpaired) electrons. The number of hydrogen-bond donors (Lipinski definition) is 1. The van der Waals surface area contributed by atoms with Crippen LogP contribution in [0.1, 0.15) is 22.3 Å². The fourth-order valence-corrected chi connectivity index (χ4v) is 1.18. The highest BCUT2D eigenvalue weighted by atomic mass is 16.5. The summed E-state index contributed by atoms with van der Waals surface area (Å²) in [5, 5.41) is 9.50. The molecular weight excluding hydrogens is 208 g/mol. The van der Waals surface area contributed by atoms with Gasteiger partial charge in [-0.3, -0.25) is 0 Å². The van der Waals surface area contributed by atoms with Crippen LogP contribution in [0.5, 0.6) is 5.75 Å². The summed E-state index contributed by atoms with van der Waals surface area (Å²) < 4.78 is 4.56. The molecule has 0 saturated heterocycles. The Hall–Kier alpha value is -2.10. The fourth-order valence-electron chi connectivity index (χ4n) is 1.18. The first-order chi connectivity index (χ1) is 7.69. The molecule has 0 fully saturated rings. The van der Waals surface area contributed by atoms with Crippen LogP contribution >= 0.6 is 0 Å². The van der Waals surface area contributed by atoms with Gasteiger partial charge in [-0.2, -0.15) is 0 Å². The molecule has 4 nitrogen and oxygen atoms in total. The van der Waals surface area contributed by atoms with Crippen LogP contribution in [0.3, 0.4) is 0 Å². The van der Waals surface area contributed by atoms with Crippen molar-refractivity contribution in [1.29, 1.82) is 0 Å². The zero-order valence-corrected chi connectivity index (χ0v) is 8.84. The van der Waals surface area contributed by atoms with Gasteiger partial charge in [0.05, 0.1) is 12.7 Å². The summed E-state index contributed by atoms with van der Waals surface area (Å²) >= 11 is 0. The number of hydrogen-bond acceptors (Lipinski definition) is 4. The van der Waals surface area contributed by atoms with Gasteiger partial charge in [-0.1, -0.05) is 12.2 Å². The second-order valence-electron chi connectivity index (χ2n) is 3.07. The lowest BCUT2D eigenvalue weighted by atomic mass is 10.1. The maximum absolute atomic E-state index is 11.2. The van der Waals surface area contributed by atoms with Crippen molar-refractivity contribution in [2.24, 2.45) is 0 Å². The van der Waals surface area contributed by atoms with E-state index in [1.807, 2.05) is 0 Å². The van der Waals surface area contributed by atoms with E-state index >= 15 is 0 Å². The molecule has 0 heterocycles. The molecule has 0 aromatic heterocycles. The van der Waals surface area contributed by atoms with Gasteiger partial charge in [0.1, 0.15) is 12.0 Å². The molecule has 1 rings (SSSR count). The molecule has 0 atom stereocenters. The predicted molar refractivity (Wildman–Crippen MR) is 59.2 cm³/mol. The summed E-state index contributed by atoms with van der Waals surface area (Å²) in [5.41, 5.74) is 0.829. The summed E-state index contributed by atoms with van der Waals surface area (Å²) in [6, 6.07) is 4.38. The maximum Gasteiger partial charge on any atom is 0.337 e. The zero-order valence-electron chi connectivity index (χ0n) is 8.84. The molecule has 0 aliphatic heterocycles. The summed E-state index contributed by atoms with van der Waals surface area (Å²) in [7, 11) is 1.29. The first-order valence-electron chi connectivity index (χ1n) is 4.70. The monoisotopic (exact) mass is 220 g/mol. The fraction of sp³-hybridized carbons (Fsp3) is 0.167. The highest BCUT2D eigenvalue weighted by Crippen LogP contribution is 2.20. The molecule has 0 amide bonds. The van der Waals surface area contributed by atoms with Gasteiger partial charge in [-0.25, -0.2) is 4.79 Å². The Kier molecular flexibility index (Phi) is 4.27. The van der Waals surface area contributed by atoms with Crippen molar-refractivity contribution in [2.45, 2.75) is 6.42 Å². The van der Waals surface area contributed by atoms with Crippen molar-refractivity contribution in [3.05, 3.63) is 35.4 Å². The van der Waals surface area contributed by atoms with Gasteiger partial charge in [-0.05, 0) is 18.2 Å². The number of benzene rings is 1. The predicted octanol–water partition coefficient (Wildman–Crippen LogP) is 1.78. The average molecular weight is 220 g/mol. The van der Waals surface area contributed by atoms with Crippen molar-refractivity contribution < 1.29 is 19.4 Å². The lowest BCUT2D eigenvalue weighted by Gasteiger charge is -2.02. The van der Waals surface area contributed by atoms with Crippen LogP contribution in [0.25, 0.3) is 6.08 Å². The third-order valence-electron chi connectivity index (χ3n) is 1.98. The number of methoxy groups -OCH3 is 1. The van der Waals surface area contributed by atoms with E-state index in [4.69, 9.17) is 0 Å². The molecule has 0 aliphatic carbocycles. The summed E-state index contributed by atoms with van der Waals surface area (Å²) in [6.07, 6.45) is 4.19. The van der Waals surface area contributed by atoms with Gasteiger partial charge in [0, 0.05) is 12.0 Å². The number of carbonyl (C=O) groups is 2. The lowest BCUT2D eigenvalue weighted by Crippen LogP contribution is -2.00. The summed E-state index contributed by atoms with van der Waals surface area (Å²) in [6.45, 7) is 0. The molecule has 0 saturated carbocycles. The van der Waals surface area contributed by atoms with Crippen molar-refractivity contribution in [2.75, 3.05) is 7.11 Å². The molecule has 1 aromatic rings. The molecule has 0 unspecified atom stereocenters. The number of rotatable bonds is 4. The summed E-state index contributed by atoms with van der Waals surface area (Å²) in [4.78, 5) is 21.3. The van der Waals surface area contributed by atoms with Gasteiger partial charge in [0.15, 0.2) is 0 Å². The van der Waals surface area contributed by atoms with Gasteiger partial charge in [0.2, 0.25) is 0 Å². The van der Waals surface area contributed by atoms with Crippen molar-refractivity contribution >= 4 is 18.3 Å². The minimum absolute atomic E-state index is 0.0507. The van der Waals surface area contributed by atoms with E-state index in [1.165, 1.54) is 25.3 Å². The Bertz CT molecular complexity index is 421. The quantitative estimate of drug-likeness (QED) is 0.620. The average Bonchev–Trinajstić information content (AvgIpc) is 2.31. The number of carbonyl (C=O) groups excluding carboxylic acids is 2. The molecule has 0 aliphatic rings. The van der Waals surface area contributed by atoms with Crippen molar-refractivity contribution in [3.63, 3.8) is 0 Å². The zero-order chi connectivity index (χ0) is 12.0. The van der Waals surface area contributed by atoms with Crippen LogP contribution in [-0.4, -0.2) is 24.5 Å². The Labute approximate surface area is 93.2 Å². The number of esters is 1. The minimum atomic E-state index is -0.468. The lowest BCUT2D eigenvalue weighted by molar-refractivity contribution is -0.107. The maximum atomic E-state index is 11.2. The van der Waals surface area contributed by atoms with Crippen molar-refractivity contribution in [1.82, 2.24) is 0 Å². The molecule has 1 N–H and O–H groups in total. The molecule has 1 aromatic carbocycles. The Morgan fingerprint density at radius 1 is 1.50 bits per heavy atom. The van der Waals surface area contributed by atoms with Gasteiger partial charge >= 0.3 is 5.97 Å². The molecule has 4 heteroatoms. The number of aldehydes is 1. The topological polar surface area (TPSA) is 63.6 Å². The van der Waals surface area contributed by atoms with Crippen LogP contribution in [0, 0.1) is 0 Å². The Morgan fingerprint density at radius 2 is 2.25 bits per heavy atom. The van der Waals surface area contributed by atoms with Crippen LogP contribution in [0.2, 0.25) is 0 Å². The highest BCUT2D eigenvalue weighted by Gasteiger charge is 2.07. The van der Waals surface area contributed by atoms with E-state index in [-0.39, 0.29) is 12.2 Å². The number of aromatic hydroxyl groups is 1. The normalized spacial score (nSPS) is 10.3. The number of ether oxygens (including phenoxy) is 1. The first kappa shape index (κ1) is 12.0. The van der Waals surface area contributed by atoms with Crippen LogP contribution in [-0.2, 0) is 9.53 Å². The van der Waals surface area contributed by atoms with E-state index in [1.54, 1.807) is 12.2 Å². The molecule has 0 spiro atoms. The SMILES string of the molecule is COC(=O)c1ccc(O)c(C=CCC=O)c1. The molecule has 0 bridgehead atoms. The number of phenolic OH excluding ortho intramolecular Hbond substituents is 1. The molecular formula is C12H12O4. The molecule has 84 valence electrons. The Balaban J connectivity index is 2.99. The van der Waals surface area contributed by atoms with E-state index in [0.717, 1.165) is 6.29 Å². The minimum Gasteiger partial charge on any atom is -0.507 e. The third-order valence-corrected chi connectivity index (χ3v) is 1.98. The van der Waals surface area contributed by atoms with Crippen LogP contribution < -0.4 is 0 Å². The number of allylic oxidation sites excluding steroid dienone is 1. The van der Waals surface area contributed by atoms with E-state index in [0.29, 0.717) is 11.1 Å². The van der Waals surface area contributed by atoms with Gasteiger partial charge in [-0.15, -0.1) is 0 Å². The van der Waals surface area contributed by atoms with Crippen LogP contribution in [0.4, 0.5) is 0 Å². The Morgan fingerprint density at radius 3 is 2.88 bits per heavy atom. The largest absolute Gasteiger partial charge is 0.507 e. The third kappa shape index (κ3) is 2.95. The standard InChI is InChI=1S/C12H12O4/c1-16-12(15)10-5-6-11(14)9(8-10)4-2-3-7-13/h2,4-8,14H,3H2,1H3. The highest BCUT2D eigenvalue weighted by molar-refractivity contribution is 5.90. The summed E-state index contributed by atoms with van der Waals surface area (Å²) in [5.74, 6) is -0.417. The van der Waals surface area contributed by atoms with Crippen LogP contribution in [0.15, 0.2) is 24.3 Å². The molecule has 16 heavy (non-hydrogen) atoms. The smallest absolute Gasteiger partial charge is 0.337 e.